The predicted octanol–water partition coefficient (Wildman–Crippen LogP) is 1.55. The molecule has 4 heteroatoms. The number of aromatic hydroxyl groups is 1. The summed E-state index contributed by atoms with van der Waals surface area (Å²) < 4.78 is 0. The summed E-state index contributed by atoms with van der Waals surface area (Å²) in [7, 11) is 1.47. The van der Waals surface area contributed by atoms with E-state index >= 15 is 0 Å². The average Bonchev–Trinajstić information content (AvgIpc) is 2.03. The molecule has 1 aromatic rings. The molecule has 0 spiro atoms. The Morgan fingerprint density at radius 2 is 2.17 bits per heavy atom. The standard InChI is InChI=1S/C8H10N2O2/c1-9-7-5-6(11)3-4-8(7)10(2)12/h3-5,11-12H,1H2,2H3. The summed E-state index contributed by atoms with van der Waals surface area (Å²) in [5.41, 5.74) is 0.947. The molecule has 1 rings (SSSR count). The highest BCUT2D eigenvalue weighted by Gasteiger charge is 2.04. The Morgan fingerprint density at radius 1 is 1.50 bits per heavy atom. The number of hydrogen-bond donors (Lipinski definition) is 2. The van der Waals surface area contributed by atoms with E-state index in [9.17, 15) is 0 Å². The second-order valence-corrected chi connectivity index (χ2v) is 2.35. The van der Waals surface area contributed by atoms with Crippen molar-refractivity contribution in [2.45, 2.75) is 0 Å². The first kappa shape index (κ1) is 8.55. The zero-order valence-electron chi connectivity index (χ0n) is 6.73. The molecule has 0 bridgehead atoms. The smallest absolute Gasteiger partial charge is 0.117 e. The van der Waals surface area contributed by atoms with E-state index in [1.165, 1.54) is 19.2 Å². The Bertz CT molecular complexity index is 297. The summed E-state index contributed by atoms with van der Waals surface area (Å²) in [4.78, 5) is 3.64. The lowest BCUT2D eigenvalue weighted by Crippen LogP contribution is -2.09. The molecule has 0 aliphatic heterocycles. The Morgan fingerprint density at radius 3 is 2.67 bits per heavy atom. The first-order valence-corrected chi connectivity index (χ1v) is 3.37. The number of hydrogen-bond acceptors (Lipinski definition) is 4. The Balaban J connectivity index is 3.20. The molecule has 0 saturated carbocycles. The molecule has 0 amide bonds. The first-order valence-electron chi connectivity index (χ1n) is 3.37. The molecule has 0 saturated heterocycles. The normalized spacial score (nSPS) is 9.50. The van der Waals surface area contributed by atoms with Gasteiger partial charge in [0.1, 0.15) is 5.75 Å². The maximum absolute atomic E-state index is 9.09. The number of anilines is 1. The van der Waals surface area contributed by atoms with Gasteiger partial charge in [0.2, 0.25) is 0 Å². The number of aliphatic imine (C=N–C) groups is 1. The molecule has 0 unspecified atom stereocenters. The van der Waals surface area contributed by atoms with Crippen LogP contribution in [0.5, 0.6) is 5.75 Å². The zero-order valence-corrected chi connectivity index (χ0v) is 6.73. The Kier molecular flexibility index (Phi) is 2.30. The van der Waals surface area contributed by atoms with Gasteiger partial charge in [-0.3, -0.25) is 15.3 Å². The number of hydroxylamine groups is 1. The van der Waals surface area contributed by atoms with Gasteiger partial charge in [-0.25, -0.2) is 0 Å². The van der Waals surface area contributed by atoms with Crippen LogP contribution >= 0.6 is 0 Å². The first-order chi connectivity index (χ1) is 5.65. The van der Waals surface area contributed by atoms with Crippen LogP contribution in [0.25, 0.3) is 0 Å². The molecular weight excluding hydrogens is 156 g/mol. The lowest BCUT2D eigenvalue weighted by molar-refractivity contribution is 0.280. The van der Waals surface area contributed by atoms with E-state index in [1.54, 1.807) is 6.07 Å². The van der Waals surface area contributed by atoms with Crippen molar-refractivity contribution in [2.75, 3.05) is 12.1 Å². The quantitative estimate of drug-likeness (QED) is 0.517. The molecular formula is C8H10N2O2. The number of phenols is 1. The summed E-state index contributed by atoms with van der Waals surface area (Å²) in [6.45, 7) is 3.32. The van der Waals surface area contributed by atoms with E-state index in [0.29, 0.717) is 11.4 Å². The molecule has 0 aliphatic rings. The predicted molar refractivity (Wildman–Crippen MR) is 47.5 cm³/mol. The third-order valence-electron chi connectivity index (χ3n) is 1.48. The molecule has 0 fully saturated rings. The third kappa shape index (κ3) is 1.54. The van der Waals surface area contributed by atoms with Gasteiger partial charge in [-0.05, 0) is 18.9 Å². The van der Waals surface area contributed by atoms with Crippen molar-refractivity contribution >= 4 is 18.1 Å². The largest absolute Gasteiger partial charge is 0.508 e. The highest BCUT2D eigenvalue weighted by Crippen LogP contribution is 2.30. The number of benzene rings is 1. The fourth-order valence-electron chi connectivity index (χ4n) is 0.912. The SMILES string of the molecule is C=Nc1cc(O)ccc1N(C)O. The minimum atomic E-state index is 0.100. The molecule has 0 aliphatic carbocycles. The lowest BCUT2D eigenvalue weighted by atomic mass is 10.2. The van der Waals surface area contributed by atoms with Crippen molar-refractivity contribution < 1.29 is 10.3 Å². The summed E-state index contributed by atoms with van der Waals surface area (Å²) in [6.07, 6.45) is 0. The fourth-order valence-corrected chi connectivity index (χ4v) is 0.912. The molecule has 0 aromatic heterocycles. The number of nitrogens with zero attached hydrogens (tertiary/aromatic N) is 2. The second kappa shape index (κ2) is 3.23. The van der Waals surface area contributed by atoms with Crippen molar-refractivity contribution in [1.82, 2.24) is 0 Å². The maximum atomic E-state index is 9.09. The zero-order chi connectivity index (χ0) is 9.14. The van der Waals surface area contributed by atoms with Crippen LogP contribution in [0.1, 0.15) is 0 Å². The summed E-state index contributed by atoms with van der Waals surface area (Å²) in [6, 6.07) is 4.45. The monoisotopic (exact) mass is 166 g/mol. The Hall–Kier alpha value is -1.55. The van der Waals surface area contributed by atoms with E-state index in [4.69, 9.17) is 10.3 Å². The average molecular weight is 166 g/mol. The van der Waals surface area contributed by atoms with Gasteiger partial charge in [0.15, 0.2) is 0 Å². The molecule has 0 radical (unpaired) electrons. The molecule has 2 N–H and O–H groups in total. The van der Waals surface area contributed by atoms with E-state index in [-0.39, 0.29) is 5.75 Å². The summed E-state index contributed by atoms with van der Waals surface area (Å²) in [5.74, 6) is 0.100. The molecule has 1 aromatic carbocycles. The van der Waals surface area contributed by atoms with Crippen molar-refractivity contribution in [3.63, 3.8) is 0 Å². The van der Waals surface area contributed by atoms with E-state index in [0.717, 1.165) is 5.06 Å². The van der Waals surface area contributed by atoms with Crippen molar-refractivity contribution in [1.29, 1.82) is 0 Å². The van der Waals surface area contributed by atoms with Gasteiger partial charge in [-0.15, -0.1) is 0 Å². The number of rotatable bonds is 2. The van der Waals surface area contributed by atoms with Crippen LogP contribution < -0.4 is 5.06 Å². The molecule has 0 atom stereocenters. The van der Waals surface area contributed by atoms with E-state index < -0.39 is 0 Å². The minimum Gasteiger partial charge on any atom is -0.508 e. The van der Waals surface area contributed by atoms with Crippen LogP contribution in [-0.2, 0) is 0 Å². The van der Waals surface area contributed by atoms with Crippen LogP contribution in [0, 0.1) is 0 Å². The van der Waals surface area contributed by atoms with Gasteiger partial charge in [-0.1, -0.05) is 0 Å². The highest BCUT2D eigenvalue weighted by atomic mass is 16.5. The van der Waals surface area contributed by atoms with Crippen LogP contribution in [0.3, 0.4) is 0 Å². The molecule has 64 valence electrons. The third-order valence-corrected chi connectivity index (χ3v) is 1.48. The minimum absolute atomic E-state index is 0.100. The van der Waals surface area contributed by atoms with E-state index in [1.807, 2.05) is 0 Å². The lowest BCUT2D eigenvalue weighted by Gasteiger charge is -2.12. The fraction of sp³-hybridized carbons (Fsp3) is 0.125. The maximum Gasteiger partial charge on any atom is 0.117 e. The van der Waals surface area contributed by atoms with Crippen LogP contribution in [0.15, 0.2) is 23.2 Å². The second-order valence-electron chi connectivity index (χ2n) is 2.35. The summed E-state index contributed by atoms with van der Waals surface area (Å²) in [5, 5.41) is 19.1. The van der Waals surface area contributed by atoms with Gasteiger partial charge >= 0.3 is 0 Å². The van der Waals surface area contributed by atoms with Crippen molar-refractivity contribution in [2.24, 2.45) is 4.99 Å². The molecule has 12 heavy (non-hydrogen) atoms. The van der Waals surface area contributed by atoms with Crippen LogP contribution in [0.4, 0.5) is 11.4 Å². The molecule has 0 heterocycles. The van der Waals surface area contributed by atoms with Gasteiger partial charge in [0.25, 0.3) is 0 Å². The van der Waals surface area contributed by atoms with Gasteiger partial charge < -0.3 is 5.11 Å². The van der Waals surface area contributed by atoms with Gasteiger partial charge in [0.05, 0.1) is 11.4 Å². The van der Waals surface area contributed by atoms with Crippen LogP contribution in [-0.4, -0.2) is 24.1 Å². The molecule has 4 nitrogen and oxygen atoms in total. The summed E-state index contributed by atoms with van der Waals surface area (Å²) >= 11 is 0. The van der Waals surface area contributed by atoms with Gasteiger partial charge in [0, 0.05) is 13.1 Å². The van der Waals surface area contributed by atoms with Crippen LogP contribution in [0.2, 0.25) is 0 Å². The Labute approximate surface area is 70.4 Å². The van der Waals surface area contributed by atoms with E-state index in [2.05, 4.69) is 11.7 Å². The van der Waals surface area contributed by atoms with Crippen molar-refractivity contribution in [3.8, 4) is 5.75 Å². The van der Waals surface area contributed by atoms with Gasteiger partial charge in [-0.2, -0.15) is 0 Å². The highest BCUT2D eigenvalue weighted by molar-refractivity contribution is 5.69. The van der Waals surface area contributed by atoms with Crippen molar-refractivity contribution in [3.05, 3.63) is 18.2 Å². The topological polar surface area (TPSA) is 56.1 Å². The number of phenolic OH excluding ortho intramolecular Hbond substituents is 1.